The maximum Gasteiger partial charge on any atom is 0.388 e. The van der Waals surface area contributed by atoms with Crippen molar-refractivity contribution in [3.8, 4) is 11.3 Å². The maximum absolute atomic E-state index is 10.3. The summed E-state index contributed by atoms with van der Waals surface area (Å²) in [6.07, 6.45) is 2.26. The molecule has 0 amide bonds. The van der Waals surface area contributed by atoms with Crippen LogP contribution in [0.5, 0.6) is 0 Å². The van der Waals surface area contributed by atoms with Crippen LogP contribution in [-0.4, -0.2) is 39.8 Å². The summed E-state index contributed by atoms with van der Waals surface area (Å²) in [6.45, 7) is 6.83. The number of rotatable bonds is 9. The van der Waals surface area contributed by atoms with E-state index in [9.17, 15) is 10.1 Å². The lowest BCUT2D eigenvalue weighted by Crippen LogP contribution is -2.49. The number of hydrazine groups is 1. The Morgan fingerprint density at radius 3 is 2.48 bits per heavy atom. The molecule has 0 bridgehead atoms. The zero-order chi connectivity index (χ0) is 18.2. The molecule has 0 radical (unpaired) electrons. The normalized spacial score (nSPS) is 13.7. The van der Waals surface area contributed by atoms with E-state index in [1.165, 1.54) is 0 Å². The lowest BCUT2D eigenvalue weighted by atomic mass is 9.90. The monoisotopic (exact) mass is 341 g/mol. The second-order valence-electron chi connectivity index (χ2n) is 6.55. The Hall–Kier alpha value is -1.73. The number of benzene rings is 1. The third-order valence-electron chi connectivity index (χ3n) is 4.37. The summed E-state index contributed by atoms with van der Waals surface area (Å²) < 4.78 is 0. The zero-order valence-electron chi connectivity index (χ0n) is 15.3. The molecule has 2 atom stereocenters. The average Bonchev–Trinajstić information content (AvgIpc) is 2.61. The summed E-state index contributed by atoms with van der Waals surface area (Å²) in [5.41, 5.74) is 3.11. The van der Waals surface area contributed by atoms with Crippen LogP contribution in [0.15, 0.2) is 48.7 Å². The van der Waals surface area contributed by atoms with Gasteiger partial charge < -0.3 is 10.1 Å². The van der Waals surface area contributed by atoms with Crippen molar-refractivity contribution in [2.75, 3.05) is 6.54 Å². The van der Waals surface area contributed by atoms with Gasteiger partial charge in [0.25, 0.3) is 0 Å². The second-order valence-corrected chi connectivity index (χ2v) is 6.55. The van der Waals surface area contributed by atoms with Gasteiger partial charge in [0.05, 0.1) is 11.8 Å². The van der Waals surface area contributed by atoms with Gasteiger partial charge in [0.15, 0.2) is 0 Å². The van der Waals surface area contributed by atoms with E-state index in [0.29, 0.717) is 13.1 Å². The minimum Gasteiger partial charge on any atom is -0.437 e. The summed E-state index contributed by atoms with van der Waals surface area (Å²) in [5.74, 6) is 0.213. The minimum absolute atomic E-state index is 0.213. The molecule has 0 unspecified atom stereocenters. The Kier molecular flexibility index (Phi) is 7.59. The van der Waals surface area contributed by atoms with Crippen LogP contribution in [0.3, 0.4) is 0 Å². The molecule has 1 aromatic heterocycles. The van der Waals surface area contributed by atoms with Gasteiger partial charge in [-0.05, 0) is 30.4 Å². The Labute approximate surface area is 150 Å². The van der Waals surface area contributed by atoms with Gasteiger partial charge in [-0.1, -0.05) is 50.6 Å². The number of aromatic nitrogens is 1. The summed E-state index contributed by atoms with van der Waals surface area (Å²) in [7, 11) is -0.670. The van der Waals surface area contributed by atoms with E-state index in [-0.39, 0.29) is 5.92 Å². The maximum atomic E-state index is 10.3. The van der Waals surface area contributed by atoms with Crippen LogP contribution in [0.25, 0.3) is 11.3 Å². The van der Waals surface area contributed by atoms with Crippen LogP contribution in [0.4, 0.5) is 0 Å². The Bertz CT molecular complexity index is 622. The third-order valence-corrected chi connectivity index (χ3v) is 4.37. The van der Waals surface area contributed by atoms with Crippen LogP contribution < -0.4 is 5.34 Å². The van der Waals surface area contributed by atoms with E-state index in [1.54, 1.807) is 13.0 Å². The van der Waals surface area contributed by atoms with Gasteiger partial charge in [-0.25, -0.2) is 5.01 Å². The number of pyridine rings is 1. The van der Waals surface area contributed by atoms with Crippen molar-refractivity contribution in [2.45, 2.75) is 39.7 Å². The van der Waals surface area contributed by atoms with E-state index in [1.807, 2.05) is 42.3 Å². The molecule has 0 saturated carbocycles. The molecule has 5 nitrogen and oxygen atoms in total. The van der Waals surface area contributed by atoms with Gasteiger partial charge >= 0.3 is 7.05 Å². The molecule has 6 heteroatoms. The third kappa shape index (κ3) is 6.25. The van der Waals surface area contributed by atoms with Crippen molar-refractivity contribution < 1.29 is 10.1 Å². The average molecular weight is 341 g/mol. The first-order valence-electron chi connectivity index (χ1n) is 8.87. The topological polar surface area (TPSA) is 68.6 Å². The van der Waals surface area contributed by atoms with Gasteiger partial charge in [0, 0.05) is 24.8 Å². The SMILES string of the molecule is CC[C@H](C)[C@@H](O)CN(Cc1ccc(-c2ccccn2)cc1)NB(C)O. The van der Waals surface area contributed by atoms with Crippen molar-refractivity contribution in [2.24, 2.45) is 5.92 Å². The van der Waals surface area contributed by atoms with E-state index in [2.05, 4.69) is 29.4 Å². The van der Waals surface area contributed by atoms with E-state index in [4.69, 9.17) is 0 Å². The van der Waals surface area contributed by atoms with Crippen molar-refractivity contribution in [3.63, 3.8) is 0 Å². The van der Waals surface area contributed by atoms with Crippen molar-refractivity contribution >= 4 is 7.05 Å². The molecule has 0 spiro atoms. The van der Waals surface area contributed by atoms with Crippen LogP contribution >= 0.6 is 0 Å². The lowest BCUT2D eigenvalue weighted by molar-refractivity contribution is 0.0537. The highest BCUT2D eigenvalue weighted by Gasteiger charge is 2.19. The predicted octanol–water partition coefficient (Wildman–Crippen LogP) is 2.57. The second kappa shape index (κ2) is 9.68. The molecule has 0 saturated heterocycles. The summed E-state index contributed by atoms with van der Waals surface area (Å²) in [6, 6.07) is 14.1. The van der Waals surface area contributed by atoms with Crippen molar-refractivity contribution in [3.05, 3.63) is 54.2 Å². The van der Waals surface area contributed by atoms with Crippen molar-refractivity contribution in [1.82, 2.24) is 15.3 Å². The molecule has 134 valence electrons. The van der Waals surface area contributed by atoms with Crippen LogP contribution in [0.1, 0.15) is 25.8 Å². The van der Waals surface area contributed by atoms with Gasteiger partial charge in [0.1, 0.15) is 0 Å². The van der Waals surface area contributed by atoms with Crippen LogP contribution in [0.2, 0.25) is 6.82 Å². The highest BCUT2D eigenvalue weighted by molar-refractivity contribution is 6.45. The summed E-state index contributed by atoms with van der Waals surface area (Å²) in [4.78, 5) is 4.36. The molecular formula is C19H28BN3O2. The fraction of sp³-hybridized carbons (Fsp3) is 0.421. The first-order chi connectivity index (χ1) is 12.0. The lowest BCUT2D eigenvalue weighted by Gasteiger charge is -2.28. The number of hydrogen-bond acceptors (Lipinski definition) is 5. The fourth-order valence-electron chi connectivity index (χ4n) is 2.64. The molecule has 0 aliphatic heterocycles. The minimum atomic E-state index is -0.670. The fourth-order valence-corrected chi connectivity index (χ4v) is 2.64. The molecule has 1 heterocycles. The Morgan fingerprint density at radius 1 is 1.20 bits per heavy atom. The smallest absolute Gasteiger partial charge is 0.388 e. The van der Waals surface area contributed by atoms with E-state index in [0.717, 1.165) is 23.2 Å². The summed E-state index contributed by atoms with van der Waals surface area (Å²) in [5, 5.41) is 24.8. The molecule has 2 aromatic rings. The van der Waals surface area contributed by atoms with Crippen LogP contribution in [-0.2, 0) is 6.54 Å². The first kappa shape index (κ1) is 19.6. The number of hydrogen-bond donors (Lipinski definition) is 3. The molecular weight excluding hydrogens is 313 g/mol. The van der Waals surface area contributed by atoms with E-state index >= 15 is 0 Å². The molecule has 2 rings (SSSR count). The quantitative estimate of drug-likeness (QED) is 0.483. The molecule has 0 aliphatic rings. The largest absolute Gasteiger partial charge is 0.437 e. The van der Waals surface area contributed by atoms with Crippen LogP contribution in [0, 0.1) is 5.92 Å². The zero-order valence-corrected chi connectivity index (χ0v) is 15.3. The van der Waals surface area contributed by atoms with Gasteiger partial charge in [-0.2, -0.15) is 0 Å². The standard InChI is InChI=1S/C19H28BN3O2/c1-4-15(2)19(24)14-23(22-20(3)25)13-16-8-10-17(11-9-16)18-7-5-6-12-21-18/h5-12,15,19,22,24-25H,4,13-14H2,1-3H3/t15-,19-/m0/s1. The molecule has 3 N–H and O–H groups in total. The van der Waals surface area contributed by atoms with Gasteiger partial charge in [0.2, 0.25) is 0 Å². The van der Waals surface area contributed by atoms with Gasteiger partial charge in [-0.3, -0.25) is 10.3 Å². The number of aliphatic hydroxyl groups excluding tert-OH is 1. The number of nitrogens with zero attached hydrogens (tertiary/aromatic N) is 2. The highest BCUT2D eigenvalue weighted by atomic mass is 16.3. The Balaban J connectivity index is 2.05. The van der Waals surface area contributed by atoms with Crippen molar-refractivity contribution in [1.29, 1.82) is 0 Å². The Morgan fingerprint density at radius 2 is 1.92 bits per heavy atom. The van der Waals surface area contributed by atoms with Gasteiger partial charge in [-0.15, -0.1) is 0 Å². The molecule has 25 heavy (non-hydrogen) atoms. The summed E-state index contributed by atoms with van der Waals surface area (Å²) >= 11 is 0. The first-order valence-corrected chi connectivity index (χ1v) is 8.87. The predicted molar refractivity (Wildman–Crippen MR) is 103 cm³/mol. The highest BCUT2D eigenvalue weighted by Crippen LogP contribution is 2.18. The molecule has 0 fully saturated rings. The molecule has 1 aromatic carbocycles. The number of aliphatic hydroxyl groups is 1. The number of nitrogens with one attached hydrogen (secondary N) is 1. The van der Waals surface area contributed by atoms with E-state index < -0.39 is 13.2 Å². The molecule has 0 aliphatic carbocycles.